The van der Waals surface area contributed by atoms with Gasteiger partial charge in [-0.1, -0.05) is 22.0 Å². The number of carbonyl (C=O) groups excluding carboxylic acids is 1. The third-order valence-corrected chi connectivity index (χ3v) is 6.18. The summed E-state index contributed by atoms with van der Waals surface area (Å²) in [6, 6.07) is 9.82. The maximum Gasteiger partial charge on any atom is 0.264 e. The lowest BCUT2D eigenvalue weighted by molar-refractivity contribution is -0.115. The number of halogens is 1. The van der Waals surface area contributed by atoms with E-state index in [4.69, 9.17) is 4.74 Å². The Morgan fingerprint density at radius 2 is 1.81 bits per heavy atom. The van der Waals surface area contributed by atoms with Crippen LogP contribution in [0, 0.1) is 20.8 Å². The molecule has 134 valence electrons. The van der Waals surface area contributed by atoms with Crippen molar-refractivity contribution in [2.75, 3.05) is 7.11 Å². The number of ether oxygens (including phenoxy) is 1. The highest BCUT2D eigenvalue weighted by Gasteiger charge is 2.24. The Bertz CT molecular complexity index is 928. The van der Waals surface area contributed by atoms with Gasteiger partial charge >= 0.3 is 0 Å². The maximum absolute atomic E-state index is 12.3. The van der Waals surface area contributed by atoms with E-state index in [9.17, 15) is 4.79 Å². The van der Waals surface area contributed by atoms with Crippen molar-refractivity contribution in [2.45, 2.75) is 20.8 Å². The molecule has 1 aliphatic rings. The quantitative estimate of drug-likeness (QED) is 0.674. The summed E-state index contributed by atoms with van der Waals surface area (Å²) in [4.78, 5) is 17.5. The van der Waals surface area contributed by atoms with Gasteiger partial charge in [-0.15, -0.1) is 0 Å². The molecule has 1 saturated heterocycles. The lowest BCUT2D eigenvalue weighted by atomic mass is 10.1. The number of amides is 1. The van der Waals surface area contributed by atoms with Crippen LogP contribution in [-0.2, 0) is 4.79 Å². The number of methoxy groups -OCH3 is 1. The van der Waals surface area contributed by atoms with Gasteiger partial charge in [-0.05, 0) is 85.1 Å². The molecule has 1 fully saturated rings. The van der Waals surface area contributed by atoms with Crippen molar-refractivity contribution in [1.29, 1.82) is 0 Å². The second kappa shape index (κ2) is 7.68. The minimum Gasteiger partial charge on any atom is -0.496 e. The number of nitrogens with one attached hydrogen (secondary N) is 1. The van der Waals surface area contributed by atoms with E-state index in [1.807, 2.05) is 57.2 Å². The highest BCUT2D eigenvalue weighted by atomic mass is 79.9. The molecule has 0 spiro atoms. The van der Waals surface area contributed by atoms with E-state index < -0.39 is 0 Å². The molecule has 1 aliphatic heterocycles. The molecule has 2 aromatic carbocycles. The van der Waals surface area contributed by atoms with Gasteiger partial charge in [-0.25, -0.2) is 4.99 Å². The molecule has 3 rings (SSSR count). The van der Waals surface area contributed by atoms with Crippen LogP contribution < -0.4 is 10.1 Å². The van der Waals surface area contributed by atoms with Crippen molar-refractivity contribution >= 4 is 50.5 Å². The topological polar surface area (TPSA) is 50.7 Å². The molecule has 1 N–H and O–H groups in total. The Morgan fingerprint density at radius 3 is 2.42 bits per heavy atom. The number of aliphatic imine (C=N–C) groups is 1. The summed E-state index contributed by atoms with van der Waals surface area (Å²) in [6.07, 6.45) is 1.87. The van der Waals surface area contributed by atoms with Crippen LogP contribution in [0.3, 0.4) is 0 Å². The molecule has 6 heteroatoms. The third kappa shape index (κ3) is 4.02. The van der Waals surface area contributed by atoms with Gasteiger partial charge < -0.3 is 10.1 Å². The van der Waals surface area contributed by atoms with Crippen molar-refractivity contribution < 1.29 is 9.53 Å². The number of rotatable bonds is 3. The number of aryl methyl sites for hydroxylation is 3. The fourth-order valence-electron chi connectivity index (χ4n) is 2.73. The van der Waals surface area contributed by atoms with Crippen molar-refractivity contribution in [3.63, 3.8) is 0 Å². The summed E-state index contributed by atoms with van der Waals surface area (Å²) in [6.45, 7) is 6.03. The number of nitrogens with zero attached hydrogens (tertiary/aromatic N) is 1. The lowest BCUT2D eigenvalue weighted by Gasteiger charge is -2.05. The number of carbonyl (C=O) groups is 1. The van der Waals surface area contributed by atoms with Crippen LogP contribution in [0.4, 0.5) is 5.69 Å². The first-order valence-corrected chi connectivity index (χ1v) is 9.69. The van der Waals surface area contributed by atoms with Crippen molar-refractivity contribution in [1.82, 2.24) is 5.32 Å². The van der Waals surface area contributed by atoms with Crippen LogP contribution in [0.25, 0.3) is 6.08 Å². The summed E-state index contributed by atoms with van der Waals surface area (Å²) < 4.78 is 6.36. The molecular formula is C20H19BrN2O2S. The van der Waals surface area contributed by atoms with Gasteiger partial charge in [-0.3, -0.25) is 4.79 Å². The predicted octanol–water partition coefficient (Wildman–Crippen LogP) is 5.27. The average molecular weight is 431 g/mol. The zero-order valence-electron chi connectivity index (χ0n) is 15.0. The van der Waals surface area contributed by atoms with E-state index in [1.54, 1.807) is 7.11 Å². The highest BCUT2D eigenvalue weighted by Crippen LogP contribution is 2.31. The Morgan fingerprint density at radius 1 is 1.12 bits per heavy atom. The molecule has 2 aromatic rings. The lowest BCUT2D eigenvalue weighted by Crippen LogP contribution is -2.19. The van der Waals surface area contributed by atoms with Gasteiger partial charge in [-0.2, -0.15) is 0 Å². The number of hydrogen-bond donors (Lipinski definition) is 1. The van der Waals surface area contributed by atoms with E-state index in [0.29, 0.717) is 10.1 Å². The summed E-state index contributed by atoms with van der Waals surface area (Å²) >= 11 is 4.90. The fourth-order valence-corrected chi connectivity index (χ4v) is 3.80. The number of thioether (sulfide) groups is 1. The second-order valence-electron chi connectivity index (χ2n) is 6.10. The molecule has 0 saturated carbocycles. The fraction of sp³-hybridized carbons (Fsp3) is 0.200. The smallest absolute Gasteiger partial charge is 0.264 e. The van der Waals surface area contributed by atoms with Crippen molar-refractivity contribution in [3.8, 4) is 5.75 Å². The Hall–Kier alpha value is -2.05. The molecule has 0 atom stereocenters. The molecule has 0 bridgehead atoms. The molecule has 26 heavy (non-hydrogen) atoms. The monoisotopic (exact) mass is 430 g/mol. The second-order valence-corrected chi connectivity index (χ2v) is 7.93. The maximum atomic E-state index is 12.3. The number of benzene rings is 2. The molecule has 0 aromatic heterocycles. The molecule has 1 amide bonds. The van der Waals surface area contributed by atoms with E-state index in [2.05, 4.69) is 26.2 Å². The van der Waals surface area contributed by atoms with E-state index in [1.165, 1.54) is 11.8 Å². The largest absolute Gasteiger partial charge is 0.496 e. The van der Waals surface area contributed by atoms with E-state index in [0.717, 1.165) is 38.2 Å². The molecule has 0 aliphatic carbocycles. The van der Waals surface area contributed by atoms with Crippen LogP contribution >= 0.6 is 27.7 Å². The van der Waals surface area contributed by atoms with Gasteiger partial charge in [0.05, 0.1) is 17.7 Å². The summed E-state index contributed by atoms with van der Waals surface area (Å²) in [5.74, 6) is 0.701. The first kappa shape index (κ1) is 18.7. The standard InChI is InChI=1S/C20H19BrN2O2S/c1-11-7-14(5-6-16(11)25-4)10-17-19(24)23-20(26-17)22-15-8-12(2)18(21)13(3)9-15/h5-10H,1-4H3,(H,22,23,24)/b17-10-. The first-order chi connectivity index (χ1) is 12.4. The Labute approximate surface area is 165 Å². The summed E-state index contributed by atoms with van der Waals surface area (Å²) in [5, 5.41) is 3.42. The molecule has 0 unspecified atom stereocenters. The minimum atomic E-state index is -0.132. The minimum absolute atomic E-state index is 0.132. The zero-order valence-corrected chi connectivity index (χ0v) is 17.4. The van der Waals surface area contributed by atoms with Crippen LogP contribution in [0.5, 0.6) is 5.75 Å². The van der Waals surface area contributed by atoms with Gasteiger partial charge in [0.1, 0.15) is 5.75 Å². The van der Waals surface area contributed by atoms with E-state index >= 15 is 0 Å². The van der Waals surface area contributed by atoms with Crippen LogP contribution in [0.1, 0.15) is 22.3 Å². The molecular weight excluding hydrogens is 412 g/mol. The Balaban J connectivity index is 1.85. The zero-order chi connectivity index (χ0) is 18.8. The highest BCUT2D eigenvalue weighted by molar-refractivity contribution is 9.10. The summed E-state index contributed by atoms with van der Waals surface area (Å²) in [7, 11) is 1.65. The number of amidine groups is 1. The average Bonchev–Trinajstić information content (AvgIpc) is 2.92. The van der Waals surface area contributed by atoms with Crippen LogP contribution in [0.2, 0.25) is 0 Å². The van der Waals surface area contributed by atoms with Gasteiger partial charge in [0.25, 0.3) is 5.91 Å². The number of hydrogen-bond acceptors (Lipinski definition) is 4. The van der Waals surface area contributed by atoms with Crippen LogP contribution in [-0.4, -0.2) is 18.2 Å². The van der Waals surface area contributed by atoms with Gasteiger partial charge in [0.15, 0.2) is 5.17 Å². The molecule has 4 nitrogen and oxygen atoms in total. The summed E-state index contributed by atoms with van der Waals surface area (Å²) in [5.41, 5.74) is 5.04. The SMILES string of the molecule is COc1ccc(/C=C2\SC(=Nc3cc(C)c(Br)c(C)c3)NC2=O)cc1C. The van der Waals surface area contributed by atoms with Crippen LogP contribution in [0.15, 0.2) is 44.7 Å². The normalized spacial score (nSPS) is 17.0. The Kier molecular flexibility index (Phi) is 5.53. The third-order valence-electron chi connectivity index (χ3n) is 4.02. The first-order valence-electron chi connectivity index (χ1n) is 8.08. The van der Waals surface area contributed by atoms with Gasteiger partial charge in [0.2, 0.25) is 0 Å². The van der Waals surface area contributed by atoms with Gasteiger partial charge in [0, 0.05) is 4.47 Å². The van der Waals surface area contributed by atoms with Crippen molar-refractivity contribution in [3.05, 3.63) is 62.0 Å². The predicted molar refractivity (Wildman–Crippen MR) is 112 cm³/mol. The van der Waals surface area contributed by atoms with E-state index in [-0.39, 0.29) is 5.91 Å². The molecule has 0 radical (unpaired) electrons. The van der Waals surface area contributed by atoms with Crippen molar-refractivity contribution in [2.24, 2.45) is 4.99 Å². The molecule has 1 heterocycles.